The summed E-state index contributed by atoms with van der Waals surface area (Å²) in [5.41, 5.74) is 0. The van der Waals surface area contributed by atoms with Crippen molar-refractivity contribution in [2.24, 2.45) is 5.92 Å². The molecule has 0 aromatic rings. The van der Waals surface area contributed by atoms with Crippen molar-refractivity contribution >= 4 is 10.0 Å². The van der Waals surface area contributed by atoms with Gasteiger partial charge in [-0.25, -0.2) is 8.42 Å². The first-order chi connectivity index (χ1) is 8.08. The van der Waals surface area contributed by atoms with Gasteiger partial charge < -0.3 is 5.11 Å². The molecule has 0 aromatic carbocycles. The van der Waals surface area contributed by atoms with Gasteiger partial charge in [0.2, 0.25) is 10.0 Å². The molecule has 2 rings (SSSR count). The molecule has 0 aromatic heterocycles. The van der Waals surface area contributed by atoms with Crippen molar-refractivity contribution in [1.29, 1.82) is 0 Å². The number of aliphatic hydroxyl groups is 1. The Balaban J connectivity index is 1.92. The number of sulfonamides is 1. The Labute approximate surface area is 104 Å². The highest BCUT2D eigenvalue weighted by atomic mass is 32.2. The maximum absolute atomic E-state index is 12.2. The standard InChI is InChI=1S/C12H23NO3S/c14-12-7-4-8-13(9-12)17(15,16)10-11-5-2-1-3-6-11/h11-12,14H,1-10H2. The average molecular weight is 261 g/mol. The van der Waals surface area contributed by atoms with Crippen molar-refractivity contribution in [1.82, 2.24) is 4.31 Å². The number of nitrogens with zero attached hydrogens (tertiary/aromatic N) is 1. The zero-order valence-corrected chi connectivity index (χ0v) is 11.2. The molecule has 1 unspecified atom stereocenters. The van der Waals surface area contributed by atoms with Gasteiger partial charge in [-0.15, -0.1) is 0 Å². The summed E-state index contributed by atoms with van der Waals surface area (Å²) in [6.45, 7) is 0.890. The molecule has 5 heteroatoms. The molecular weight excluding hydrogens is 238 g/mol. The molecule has 1 saturated carbocycles. The van der Waals surface area contributed by atoms with E-state index in [0.29, 0.717) is 24.8 Å². The van der Waals surface area contributed by atoms with Gasteiger partial charge in [-0.2, -0.15) is 4.31 Å². The summed E-state index contributed by atoms with van der Waals surface area (Å²) in [7, 11) is -3.14. The van der Waals surface area contributed by atoms with Crippen LogP contribution in [0.3, 0.4) is 0 Å². The van der Waals surface area contributed by atoms with Crippen molar-refractivity contribution in [3.05, 3.63) is 0 Å². The lowest BCUT2D eigenvalue weighted by Crippen LogP contribution is -2.44. The summed E-state index contributed by atoms with van der Waals surface area (Å²) in [5, 5.41) is 9.54. The highest BCUT2D eigenvalue weighted by Gasteiger charge is 2.30. The lowest BCUT2D eigenvalue weighted by molar-refractivity contribution is 0.107. The average Bonchev–Trinajstić information content (AvgIpc) is 2.30. The number of aliphatic hydroxyl groups excluding tert-OH is 1. The van der Waals surface area contributed by atoms with Gasteiger partial charge in [0.05, 0.1) is 11.9 Å². The number of hydrogen-bond acceptors (Lipinski definition) is 3. The van der Waals surface area contributed by atoms with Crippen LogP contribution in [-0.2, 0) is 10.0 Å². The lowest BCUT2D eigenvalue weighted by atomic mass is 9.91. The minimum absolute atomic E-state index is 0.291. The Morgan fingerprint density at radius 2 is 1.76 bits per heavy atom. The fraction of sp³-hybridized carbons (Fsp3) is 1.00. The van der Waals surface area contributed by atoms with Gasteiger partial charge in [-0.3, -0.25) is 0 Å². The first-order valence-electron chi connectivity index (χ1n) is 6.74. The second kappa shape index (κ2) is 5.67. The van der Waals surface area contributed by atoms with E-state index in [1.165, 1.54) is 23.6 Å². The zero-order chi connectivity index (χ0) is 12.3. The molecule has 0 amide bonds. The SMILES string of the molecule is O=S(=O)(CC1CCCCC1)N1CCCC(O)C1. The second-order valence-corrected chi connectivity index (χ2v) is 7.45. The molecular formula is C12H23NO3S. The normalized spacial score (nSPS) is 29.4. The fourth-order valence-electron chi connectivity index (χ4n) is 2.93. The number of β-amino-alcohol motifs (C(OH)–C–C–N with tert-alkyl or cyclic N) is 1. The molecule has 1 saturated heterocycles. The van der Waals surface area contributed by atoms with Crippen LogP contribution in [0.2, 0.25) is 0 Å². The van der Waals surface area contributed by atoms with Crippen molar-refractivity contribution in [3.63, 3.8) is 0 Å². The van der Waals surface area contributed by atoms with Gasteiger partial charge in [0.1, 0.15) is 0 Å². The molecule has 100 valence electrons. The number of hydrogen-bond donors (Lipinski definition) is 1. The molecule has 1 aliphatic carbocycles. The number of piperidine rings is 1. The first-order valence-corrected chi connectivity index (χ1v) is 8.35. The molecule has 4 nitrogen and oxygen atoms in total. The van der Waals surface area contributed by atoms with Crippen LogP contribution < -0.4 is 0 Å². The van der Waals surface area contributed by atoms with Crippen LogP contribution in [0.4, 0.5) is 0 Å². The van der Waals surface area contributed by atoms with Gasteiger partial charge >= 0.3 is 0 Å². The first kappa shape index (κ1) is 13.3. The van der Waals surface area contributed by atoms with Crippen molar-refractivity contribution in [2.45, 2.75) is 51.0 Å². The molecule has 0 radical (unpaired) electrons. The second-order valence-electron chi connectivity index (χ2n) is 5.44. The van der Waals surface area contributed by atoms with E-state index < -0.39 is 16.1 Å². The van der Waals surface area contributed by atoms with E-state index in [2.05, 4.69) is 0 Å². The molecule has 1 N–H and O–H groups in total. The van der Waals surface area contributed by atoms with E-state index in [1.54, 1.807) is 0 Å². The van der Waals surface area contributed by atoms with E-state index in [4.69, 9.17) is 0 Å². The van der Waals surface area contributed by atoms with E-state index in [-0.39, 0.29) is 0 Å². The smallest absolute Gasteiger partial charge is 0.214 e. The van der Waals surface area contributed by atoms with E-state index in [1.807, 2.05) is 0 Å². The lowest BCUT2D eigenvalue weighted by Gasteiger charge is -2.31. The van der Waals surface area contributed by atoms with Crippen LogP contribution in [0.15, 0.2) is 0 Å². The minimum atomic E-state index is -3.14. The number of rotatable bonds is 3. The van der Waals surface area contributed by atoms with Crippen molar-refractivity contribution in [2.75, 3.05) is 18.8 Å². The summed E-state index contributed by atoms with van der Waals surface area (Å²) in [6.07, 6.45) is 6.74. The predicted octanol–water partition coefficient (Wildman–Crippen LogP) is 1.35. The molecule has 1 aliphatic heterocycles. The third kappa shape index (κ3) is 3.66. The van der Waals surface area contributed by atoms with E-state index in [9.17, 15) is 13.5 Å². The molecule has 2 aliphatic rings. The monoisotopic (exact) mass is 261 g/mol. The third-order valence-corrected chi connectivity index (χ3v) is 5.93. The Morgan fingerprint density at radius 3 is 2.41 bits per heavy atom. The van der Waals surface area contributed by atoms with Gasteiger partial charge in [0, 0.05) is 13.1 Å². The van der Waals surface area contributed by atoms with Crippen molar-refractivity contribution in [3.8, 4) is 0 Å². The fourth-order valence-corrected chi connectivity index (χ4v) is 4.88. The Morgan fingerprint density at radius 1 is 1.06 bits per heavy atom. The molecule has 0 spiro atoms. The largest absolute Gasteiger partial charge is 0.392 e. The minimum Gasteiger partial charge on any atom is -0.392 e. The van der Waals surface area contributed by atoms with Crippen LogP contribution >= 0.6 is 0 Å². The Bertz CT molecular complexity index is 336. The summed E-state index contributed by atoms with van der Waals surface area (Å²) >= 11 is 0. The van der Waals surface area contributed by atoms with E-state index in [0.717, 1.165) is 25.7 Å². The highest BCUT2D eigenvalue weighted by Crippen LogP contribution is 2.26. The maximum Gasteiger partial charge on any atom is 0.214 e. The van der Waals surface area contributed by atoms with Gasteiger partial charge in [-0.05, 0) is 31.6 Å². The van der Waals surface area contributed by atoms with E-state index >= 15 is 0 Å². The zero-order valence-electron chi connectivity index (χ0n) is 10.3. The molecule has 2 fully saturated rings. The van der Waals surface area contributed by atoms with Crippen LogP contribution in [0.1, 0.15) is 44.9 Å². The van der Waals surface area contributed by atoms with Crippen molar-refractivity contribution < 1.29 is 13.5 Å². The summed E-state index contributed by atoms with van der Waals surface area (Å²) in [6, 6.07) is 0. The maximum atomic E-state index is 12.2. The molecule has 1 atom stereocenters. The third-order valence-electron chi connectivity index (χ3n) is 3.92. The van der Waals surface area contributed by atoms with Gasteiger partial charge in [-0.1, -0.05) is 19.3 Å². The molecule has 0 bridgehead atoms. The topological polar surface area (TPSA) is 57.6 Å². The van der Waals surface area contributed by atoms with Crippen LogP contribution in [0, 0.1) is 5.92 Å². The van der Waals surface area contributed by atoms with Gasteiger partial charge in [0.15, 0.2) is 0 Å². The highest BCUT2D eigenvalue weighted by molar-refractivity contribution is 7.89. The summed E-state index contributed by atoms with van der Waals surface area (Å²) < 4.78 is 25.9. The predicted molar refractivity (Wildman–Crippen MR) is 67.2 cm³/mol. The van der Waals surface area contributed by atoms with Gasteiger partial charge in [0.25, 0.3) is 0 Å². The summed E-state index contributed by atoms with van der Waals surface area (Å²) in [4.78, 5) is 0. The Hall–Kier alpha value is -0.130. The molecule has 17 heavy (non-hydrogen) atoms. The Kier molecular flexibility index (Phi) is 4.44. The summed E-state index contributed by atoms with van der Waals surface area (Å²) in [5.74, 6) is 0.632. The van der Waals surface area contributed by atoms with Crippen LogP contribution in [0.25, 0.3) is 0 Å². The van der Waals surface area contributed by atoms with Crippen LogP contribution in [-0.4, -0.2) is 42.8 Å². The molecule has 1 heterocycles. The van der Waals surface area contributed by atoms with Crippen LogP contribution in [0.5, 0.6) is 0 Å². The quantitative estimate of drug-likeness (QED) is 0.834.